The zero-order valence-electron chi connectivity index (χ0n) is 3.86. The zero-order chi connectivity index (χ0) is 5.15. The Hall–Kier alpha value is 0.0249. The number of hydrogen-bond donors (Lipinski definition) is 0. The first-order chi connectivity index (χ1) is 2.64. The maximum atomic E-state index is 10.0. The second-order valence-corrected chi connectivity index (χ2v) is 1.88. The Kier molecular flexibility index (Phi) is 2.25. The molecule has 0 aliphatic carbocycles. The molecule has 0 radical (unpaired) electrons. The highest BCUT2D eigenvalue weighted by molar-refractivity contribution is 6.50. The van der Waals surface area contributed by atoms with E-state index in [2.05, 4.69) is 0 Å². The molecule has 0 N–H and O–H groups in total. The average Bonchev–Trinajstić information content (AvgIpc) is 1.36. The highest BCUT2D eigenvalue weighted by Gasteiger charge is 1.98. The lowest BCUT2D eigenvalue weighted by atomic mass is 10.0. The summed E-state index contributed by atoms with van der Waals surface area (Å²) in [6.07, 6.45) is 0. The van der Waals surface area contributed by atoms with Crippen molar-refractivity contribution in [1.82, 2.24) is 0 Å². The molecule has 0 aromatic heterocycles. The van der Waals surface area contributed by atoms with Crippen LogP contribution in [0.1, 0.15) is 6.92 Å². The van der Waals surface area contributed by atoms with Crippen molar-refractivity contribution < 1.29 is 4.79 Å². The van der Waals surface area contributed by atoms with Gasteiger partial charge in [-0.15, -0.1) is 11.6 Å². The lowest BCUT2D eigenvalue weighted by Gasteiger charge is -1.87. The first-order valence-corrected chi connectivity index (χ1v) is 2.22. The number of carbonyl (C=O) groups is 1. The second-order valence-electron chi connectivity index (χ2n) is 1.23. The molecule has 1 nitrogen and oxygen atoms in total. The molecular formula is C3H6BClO. The van der Waals surface area contributed by atoms with Crippen molar-refractivity contribution in [3.63, 3.8) is 0 Å². The molecule has 0 aromatic carbocycles. The quantitative estimate of drug-likeness (QED) is 0.332. The molecule has 0 heterocycles. The summed E-state index contributed by atoms with van der Waals surface area (Å²) in [5.41, 5.74) is 0. The van der Waals surface area contributed by atoms with Gasteiger partial charge in [0.1, 0.15) is 13.6 Å². The molecule has 1 unspecified atom stereocenters. The summed E-state index contributed by atoms with van der Waals surface area (Å²) in [6, 6.07) is 0. The second kappa shape index (κ2) is 2.24. The van der Waals surface area contributed by atoms with Crippen LogP contribution in [-0.2, 0) is 4.79 Å². The molecule has 1 atom stereocenters. The Labute approximate surface area is 43.1 Å². The molecule has 0 aliphatic rings. The summed E-state index contributed by atoms with van der Waals surface area (Å²) >= 11 is 5.26. The van der Waals surface area contributed by atoms with Gasteiger partial charge in [-0.1, -0.05) is 0 Å². The Morgan fingerprint density at radius 3 is 2.17 bits per heavy atom. The van der Waals surface area contributed by atoms with Crippen molar-refractivity contribution in [2.75, 3.05) is 0 Å². The van der Waals surface area contributed by atoms with Gasteiger partial charge in [0, 0.05) is 0 Å². The lowest BCUT2D eigenvalue weighted by Crippen LogP contribution is -2.08. The third kappa shape index (κ3) is 2.27. The van der Waals surface area contributed by atoms with Crippen molar-refractivity contribution in [3.05, 3.63) is 0 Å². The first-order valence-electron chi connectivity index (χ1n) is 1.79. The molecule has 34 valence electrons. The monoisotopic (exact) mass is 104 g/mol. The van der Waals surface area contributed by atoms with Crippen LogP contribution >= 0.6 is 11.6 Å². The molecular weight excluding hydrogens is 98.3 g/mol. The van der Waals surface area contributed by atoms with E-state index in [9.17, 15) is 4.79 Å². The van der Waals surface area contributed by atoms with E-state index in [1.807, 2.05) is 0 Å². The number of halogens is 1. The molecule has 0 fully saturated rings. The van der Waals surface area contributed by atoms with Gasteiger partial charge in [0.15, 0.2) is 0 Å². The van der Waals surface area contributed by atoms with Gasteiger partial charge < -0.3 is 0 Å². The minimum Gasteiger partial charge on any atom is -0.299 e. The van der Waals surface area contributed by atoms with E-state index in [0.29, 0.717) is 0 Å². The molecule has 0 aliphatic heterocycles. The number of hydrogen-bond acceptors (Lipinski definition) is 1. The molecule has 0 saturated carbocycles. The third-order valence-corrected chi connectivity index (χ3v) is 0.867. The summed E-state index contributed by atoms with van der Waals surface area (Å²) in [4.78, 5) is 10.0. The Balaban J connectivity index is 3.26. The van der Waals surface area contributed by atoms with Gasteiger partial charge in [-0.3, -0.25) is 4.79 Å². The van der Waals surface area contributed by atoms with Crippen LogP contribution in [0.15, 0.2) is 0 Å². The number of rotatable bonds is 1. The fourth-order valence-electron chi connectivity index (χ4n) is 0. The highest BCUT2D eigenvalue weighted by Crippen LogP contribution is 1.86. The largest absolute Gasteiger partial charge is 0.299 e. The summed E-state index contributed by atoms with van der Waals surface area (Å²) in [6.45, 7) is 1.47. The van der Waals surface area contributed by atoms with Crippen LogP contribution in [0.2, 0.25) is 0 Å². The van der Waals surface area contributed by atoms with Crippen LogP contribution in [0, 0.1) is 0 Å². The number of alkyl halides is 1. The first kappa shape index (κ1) is 6.02. The Morgan fingerprint density at radius 2 is 2.17 bits per heavy atom. The van der Waals surface area contributed by atoms with Gasteiger partial charge in [0.05, 0.1) is 5.28 Å². The van der Waals surface area contributed by atoms with Crippen LogP contribution < -0.4 is 0 Å². The maximum absolute atomic E-state index is 10.0. The number of ketones is 1. The summed E-state index contributed by atoms with van der Waals surface area (Å²) in [5.74, 6) is 0.0247. The summed E-state index contributed by atoms with van der Waals surface area (Å²) in [7, 11) is 1.66. The average molecular weight is 104 g/mol. The van der Waals surface area contributed by atoms with Crippen molar-refractivity contribution >= 4 is 25.2 Å². The van der Waals surface area contributed by atoms with Crippen molar-refractivity contribution in [3.8, 4) is 0 Å². The predicted octanol–water partition coefficient (Wildman–Crippen LogP) is -0.227. The van der Waals surface area contributed by atoms with Crippen LogP contribution in [0.4, 0.5) is 0 Å². The van der Waals surface area contributed by atoms with Gasteiger partial charge in [-0.05, 0) is 6.92 Å². The molecule has 0 bridgehead atoms. The topological polar surface area (TPSA) is 17.1 Å². The van der Waals surface area contributed by atoms with Crippen molar-refractivity contribution in [1.29, 1.82) is 0 Å². The SMILES string of the molecule is BC(Cl)C(C)=O. The van der Waals surface area contributed by atoms with Crippen LogP contribution in [0.25, 0.3) is 0 Å². The van der Waals surface area contributed by atoms with Crippen LogP contribution in [0.3, 0.4) is 0 Å². The minimum atomic E-state index is -0.315. The van der Waals surface area contributed by atoms with E-state index >= 15 is 0 Å². The fraction of sp³-hybridized carbons (Fsp3) is 0.667. The van der Waals surface area contributed by atoms with Crippen molar-refractivity contribution in [2.45, 2.75) is 12.2 Å². The molecule has 0 amide bonds. The van der Waals surface area contributed by atoms with E-state index in [1.54, 1.807) is 7.85 Å². The summed E-state index contributed by atoms with van der Waals surface area (Å²) in [5, 5.41) is -0.315. The fourth-order valence-corrected chi connectivity index (χ4v) is 0. The minimum absolute atomic E-state index is 0.0247. The molecule has 0 aromatic rings. The van der Waals surface area contributed by atoms with E-state index in [-0.39, 0.29) is 11.1 Å². The van der Waals surface area contributed by atoms with E-state index < -0.39 is 0 Å². The van der Waals surface area contributed by atoms with Gasteiger partial charge in [0.25, 0.3) is 0 Å². The predicted molar refractivity (Wildman–Crippen MR) is 28.9 cm³/mol. The molecule has 0 saturated heterocycles. The van der Waals surface area contributed by atoms with E-state index in [0.717, 1.165) is 0 Å². The normalized spacial score (nSPS) is 13.7. The maximum Gasteiger partial charge on any atom is 0.139 e. The van der Waals surface area contributed by atoms with Crippen LogP contribution in [0.5, 0.6) is 0 Å². The van der Waals surface area contributed by atoms with Crippen molar-refractivity contribution in [2.24, 2.45) is 0 Å². The molecule has 6 heavy (non-hydrogen) atoms. The highest BCUT2D eigenvalue weighted by atomic mass is 35.5. The summed E-state index contributed by atoms with van der Waals surface area (Å²) < 4.78 is 0. The molecule has 3 heteroatoms. The Bertz CT molecular complexity index is 61.8. The standard InChI is InChI=1S/C3H6BClO/c1-2(6)3(4)5/h3H,4H2,1H3. The molecule has 0 rings (SSSR count). The van der Waals surface area contributed by atoms with Gasteiger partial charge in [-0.25, -0.2) is 0 Å². The zero-order valence-corrected chi connectivity index (χ0v) is 4.62. The van der Waals surface area contributed by atoms with Gasteiger partial charge in [-0.2, -0.15) is 0 Å². The third-order valence-electron chi connectivity index (χ3n) is 0.560. The lowest BCUT2D eigenvalue weighted by molar-refractivity contribution is -0.115. The molecule has 0 spiro atoms. The number of carbonyl (C=O) groups excluding carboxylic acids is 1. The van der Waals surface area contributed by atoms with E-state index in [1.165, 1.54) is 6.92 Å². The van der Waals surface area contributed by atoms with E-state index in [4.69, 9.17) is 11.6 Å². The smallest absolute Gasteiger partial charge is 0.139 e. The van der Waals surface area contributed by atoms with Gasteiger partial charge >= 0.3 is 0 Å². The Morgan fingerprint density at radius 1 is 2.00 bits per heavy atom. The van der Waals surface area contributed by atoms with Crippen LogP contribution in [-0.4, -0.2) is 18.9 Å². The van der Waals surface area contributed by atoms with Gasteiger partial charge in [0.2, 0.25) is 0 Å². The number of Topliss-reactive ketones (excluding diaryl/α,β-unsaturated/α-hetero) is 1.